The molecule has 0 saturated heterocycles. The van der Waals surface area contributed by atoms with Gasteiger partial charge in [0, 0.05) is 22.1 Å². The fraction of sp³-hybridized carbons (Fsp3) is 0. The average molecular weight is 588 g/mol. The van der Waals surface area contributed by atoms with E-state index in [-0.39, 0.29) is 0 Å². The summed E-state index contributed by atoms with van der Waals surface area (Å²) in [5.41, 5.74) is 11.1. The lowest BCUT2D eigenvalue weighted by atomic mass is 9.90. The number of para-hydroxylation sites is 1. The van der Waals surface area contributed by atoms with Crippen molar-refractivity contribution >= 4 is 54.9 Å². The SMILES string of the molecule is c1ccc2c(-c3ccc(Nc4ccc(-c5cccc6ccccc56)c(-c5ccc6oc7ccccc7c6c5)c4)cc3)cccc2c1. The van der Waals surface area contributed by atoms with E-state index in [1.807, 2.05) is 12.1 Å². The van der Waals surface area contributed by atoms with Gasteiger partial charge in [0.2, 0.25) is 0 Å². The van der Waals surface area contributed by atoms with E-state index in [9.17, 15) is 0 Å². The number of nitrogens with one attached hydrogen (secondary N) is 1. The number of furan rings is 1. The summed E-state index contributed by atoms with van der Waals surface area (Å²) in [7, 11) is 0. The molecule has 2 heteroatoms. The summed E-state index contributed by atoms with van der Waals surface area (Å²) in [5, 5.41) is 10.9. The van der Waals surface area contributed by atoms with Crippen molar-refractivity contribution in [3.8, 4) is 33.4 Å². The Morgan fingerprint density at radius 1 is 0.326 bits per heavy atom. The highest BCUT2D eigenvalue weighted by Crippen LogP contribution is 2.41. The summed E-state index contributed by atoms with van der Waals surface area (Å²) in [6.07, 6.45) is 0. The summed E-state index contributed by atoms with van der Waals surface area (Å²) in [6, 6.07) is 60.5. The molecule has 46 heavy (non-hydrogen) atoms. The van der Waals surface area contributed by atoms with Crippen LogP contribution in [0.4, 0.5) is 11.4 Å². The second-order valence-electron chi connectivity index (χ2n) is 11.8. The molecule has 0 spiro atoms. The molecule has 1 N–H and O–H groups in total. The highest BCUT2D eigenvalue weighted by atomic mass is 16.3. The number of benzene rings is 8. The third-order valence-corrected chi connectivity index (χ3v) is 9.06. The minimum absolute atomic E-state index is 0.900. The van der Waals surface area contributed by atoms with Crippen molar-refractivity contribution in [2.75, 3.05) is 5.32 Å². The van der Waals surface area contributed by atoms with Gasteiger partial charge in [-0.05, 0) is 97.4 Å². The number of hydrogen-bond donors (Lipinski definition) is 1. The maximum atomic E-state index is 6.17. The van der Waals surface area contributed by atoms with Gasteiger partial charge in [0.05, 0.1) is 0 Å². The molecule has 9 rings (SSSR count). The van der Waals surface area contributed by atoms with Crippen molar-refractivity contribution in [1.82, 2.24) is 0 Å². The van der Waals surface area contributed by atoms with E-state index in [0.29, 0.717) is 0 Å². The molecule has 0 amide bonds. The van der Waals surface area contributed by atoms with Gasteiger partial charge in [-0.15, -0.1) is 0 Å². The smallest absolute Gasteiger partial charge is 0.135 e. The number of anilines is 2. The lowest BCUT2D eigenvalue weighted by molar-refractivity contribution is 0.669. The van der Waals surface area contributed by atoms with Crippen LogP contribution in [0.25, 0.3) is 76.9 Å². The number of rotatable bonds is 5. The topological polar surface area (TPSA) is 25.2 Å². The largest absolute Gasteiger partial charge is 0.456 e. The number of hydrogen-bond acceptors (Lipinski definition) is 2. The Bertz CT molecular complexity index is 2550. The van der Waals surface area contributed by atoms with Crippen molar-refractivity contribution in [1.29, 1.82) is 0 Å². The predicted octanol–water partition coefficient (Wildman–Crippen LogP) is 12.6. The van der Waals surface area contributed by atoms with Crippen LogP contribution in [0.1, 0.15) is 0 Å². The summed E-state index contributed by atoms with van der Waals surface area (Å²) >= 11 is 0. The lowest BCUT2D eigenvalue weighted by Gasteiger charge is -2.16. The van der Waals surface area contributed by atoms with Crippen LogP contribution in [-0.2, 0) is 0 Å². The monoisotopic (exact) mass is 587 g/mol. The van der Waals surface area contributed by atoms with E-state index in [4.69, 9.17) is 4.42 Å². The van der Waals surface area contributed by atoms with Crippen LogP contribution in [0, 0.1) is 0 Å². The quantitative estimate of drug-likeness (QED) is 0.217. The van der Waals surface area contributed by atoms with Crippen molar-refractivity contribution < 1.29 is 4.42 Å². The third-order valence-electron chi connectivity index (χ3n) is 9.06. The highest BCUT2D eigenvalue weighted by Gasteiger charge is 2.15. The first-order chi connectivity index (χ1) is 22.8. The van der Waals surface area contributed by atoms with Crippen molar-refractivity contribution in [2.45, 2.75) is 0 Å². The standard InChI is InChI=1S/C44H29NO/c1-3-13-35-29(9-1)11-7-16-36(35)31-19-22-33(23-20-31)45-34-24-25-39(38-17-8-12-30-10-2-4-14-37(30)38)41(28-34)32-21-26-44-42(27-32)40-15-5-6-18-43(40)46-44/h1-28,45H. The Morgan fingerprint density at radius 2 is 0.913 bits per heavy atom. The molecule has 1 aromatic heterocycles. The van der Waals surface area contributed by atoms with Crippen LogP contribution >= 0.6 is 0 Å². The van der Waals surface area contributed by atoms with E-state index in [1.54, 1.807) is 0 Å². The van der Waals surface area contributed by atoms with E-state index >= 15 is 0 Å². The minimum atomic E-state index is 0.900. The zero-order valence-electron chi connectivity index (χ0n) is 25.1. The molecule has 0 aliphatic rings. The van der Waals surface area contributed by atoms with Gasteiger partial charge >= 0.3 is 0 Å². The molecule has 216 valence electrons. The zero-order valence-corrected chi connectivity index (χ0v) is 25.1. The molecule has 8 aromatic carbocycles. The lowest BCUT2D eigenvalue weighted by Crippen LogP contribution is -1.93. The van der Waals surface area contributed by atoms with Gasteiger partial charge in [-0.3, -0.25) is 0 Å². The fourth-order valence-corrected chi connectivity index (χ4v) is 6.83. The molecule has 0 bridgehead atoms. The second kappa shape index (κ2) is 10.8. The van der Waals surface area contributed by atoms with Crippen LogP contribution in [-0.4, -0.2) is 0 Å². The van der Waals surface area contributed by atoms with Gasteiger partial charge in [0.15, 0.2) is 0 Å². The fourth-order valence-electron chi connectivity index (χ4n) is 6.83. The Morgan fingerprint density at radius 3 is 1.70 bits per heavy atom. The maximum Gasteiger partial charge on any atom is 0.135 e. The Kier molecular flexibility index (Phi) is 6.17. The molecule has 0 radical (unpaired) electrons. The molecule has 0 unspecified atom stereocenters. The van der Waals surface area contributed by atoms with Crippen LogP contribution in [0.5, 0.6) is 0 Å². The van der Waals surface area contributed by atoms with Gasteiger partial charge in [-0.2, -0.15) is 0 Å². The van der Waals surface area contributed by atoms with Gasteiger partial charge in [-0.1, -0.05) is 127 Å². The molecule has 1 heterocycles. The van der Waals surface area contributed by atoms with E-state index in [1.165, 1.54) is 49.4 Å². The summed E-state index contributed by atoms with van der Waals surface area (Å²) in [5.74, 6) is 0. The van der Waals surface area contributed by atoms with E-state index in [2.05, 4.69) is 163 Å². The first kappa shape index (κ1) is 26.3. The molecule has 0 atom stereocenters. The van der Waals surface area contributed by atoms with Gasteiger partial charge in [-0.25, -0.2) is 0 Å². The molecule has 0 fully saturated rings. The summed E-state index contributed by atoms with van der Waals surface area (Å²) < 4.78 is 6.17. The average Bonchev–Trinajstić information content (AvgIpc) is 3.50. The maximum absolute atomic E-state index is 6.17. The Balaban J connectivity index is 1.15. The summed E-state index contributed by atoms with van der Waals surface area (Å²) in [4.78, 5) is 0. The first-order valence-electron chi connectivity index (χ1n) is 15.7. The van der Waals surface area contributed by atoms with Crippen molar-refractivity contribution in [2.24, 2.45) is 0 Å². The van der Waals surface area contributed by atoms with E-state index < -0.39 is 0 Å². The molecule has 0 aliphatic carbocycles. The van der Waals surface area contributed by atoms with Crippen molar-refractivity contribution in [3.63, 3.8) is 0 Å². The molecular weight excluding hydrogens is 558 g/mol. The second-order valence-corrected chi connectivity index (χ2v) is 11.8. The third kappa shape index (κ3) is 4.51. The van der Waals surface area contributed by atoms with Crippen LogP contribution in [0.15, 0.2) is 174 Å². The van der Waals surface area contributed by atoms with Gasteiger partial charge in [0.1, 0.15) is 11.2 Å². The van der Waals surface area contributed by atoms with Gasteiger partial charge < -0.3 is 9.73 Å². The molecule has 0 aliphatic heterocycles. The summed E-state index contributed by atoms with van der Waals surface area (Å²) in [6.45, 7) is 0. The van der Waals surface area contributed by atoms with E-state index in [0.717, 1.165) is 38.9 Å². The first-order valence-corrected chi connectivity index (χ1v) is 15.7. The highest BCUT2D eigenvalue weighted by molar-refractivity contribution is 6.08. The Labute approximate surface area is 267 Å². The minimum Gasteiger partial charge on any atom is -0.456 e. The van der Waals surface area contributed by atoms with Crippen LogP contribution in [0.2, 0.25) is 0 Å². The number of fused-ring (bicyclic) bond motifs is 5. The van der Waals surface area contributed by atoms with Gasteiger partial charge in [0.25, 0.3) is 0 Å². The zero-order chi connectivity index (χ0) is 30.5. The normalized spacial score (nSPS) is 11.5. The van der Waals surface area contributed by atoms with Crippen LogP contribution in [0.3, 0.4) is 0 Å². The Hall–Kier alpha value is -6.12. The molecule has 9 aromatic rings. The van der Waals surface area contributed by atoms with Crippen molar-refractivity contribution in [3.05, 3.63) is 170 Å². The van der Waals surface area contributed by atoms with Crippen LogP contribution < -0.4 is 5.32 Å². The molecular formula is C44H29NO. The molecule has 2 nitrogen and oxygen atoms in total. The predicted molar refractivity (Wildman–Crippen MR) is 195 cm³/mol. The molecule has 0 saturated carbocycles.